The number of nitrogens with one attached hydrogen (secondary N) is 1. The number of nitrogens with two attached hydrogens (primary N) is 1. The highest BCUT2D eigenvalue weighted by Gasteiger charge is 2.02. The van der Waals surface area contributed by atoms with Gasteiger partial charge in [0.1, 0.15) is 4.99 Å². The molecule has 20 heavy (non-hydrogen) atoms. The van der Waals surface area contributed by atoms with E-state index in [0.717, 1.165) is 41.7 Å². The minimum atomic E-state index is 0.414. The van der Waals surface area contributed by atoms with Crippen molar-refractivity contribution in [3.05, 3.63) is 47.0 Å². The molecule has 0 aliphatic heterocycles. The Labute approximate surface area is 132 Å². The van der Waals surface area contributed by atoms with Gasteiger partial charge in [0.2, 0.25) is 0 Å². The van der Waals surface area contributed by atoms with Crippen LogP contribution < -0.4 is 11.1 Å². The van der Waals surface area contributed by atoms with Gasteiger partial charge in [0.05, 0.1) is 6.33 Å². The van der Waals surface area contributed by atoms with E-state index in [1.54, 1.807) is 6.20 Å². The number of halogens is 1. The van der Waals surface area contributed by atoms with E-state index in [4.69, 9.17) is 18.0 Å². The normalized spacial score (nSPS) is 10.4. The lowest BCUT2D eigenvalue weighted by atomic mass is 10.2. The quantitative estimate of drug-likeness (QED) is 0.593. The van der Waals surface area contributed by atoms with E-state index >= 15 is 0 Å². The lowest BCUT2D eigenvalue weighted by Gasteiger charge is -2.10. The summed E-state index contributed by atoms with van der Waals surface area (Å²) in [5.41, 5.74) is 7.54. The molecule has 0 bridgehead atoms. The molecule has 0 atom stereocenters. The average Bonchev–Trinajstić information content (AvgIpc) is 2.93. The summed E-state index contributed by atoms with van der Waals surface area (Å²) in [7, 11) is 0. The van der Waals surface area contributed by atoms with Crippen LogP contribution in [0, 0.1) is 0 Å². The van der Waals surface area contributed by atoms with Gasteiger partial charge in [-0.2, -0.15) is 0 Å². The lowest BCUT2D eigenvalue weighted by Crippen LogP contribution is -2.10. The van der Waals surface area contributed by atoms with Crippen molar-refractivity contribution in [2.75, 3.05) is 11.9 Å². The van der Waals surface area contributed by atoms with Crippen molar-refractivity contribution in [1.82, 2.24) is 9.55 Å². The van der Waals surface area contributed by atoms with Crippen molar-refractivity contribution in [3.63, 3.8) is 0 Å². The molecule has 1 aromatic carbocycles. The average molecular weight is 353 g/mol. The number of anilines is 1. The van der Waals surface area contributed by atoms with Crippen molar-refractivity contribution in [1.29, 1.82) is 0 Å². The van der Waals surface area contributed by atoms with Gasteiger partial charge in [-0.1, -0.05) is 12.2 Å². The standard InChI is InChI=1S/C14H17BrN4S/c15-12-9-11(14(16)20)3-4-13(12)18-5-1-2-7-19-8-6-17-10-19/h3-4,6,8-10,18H,1-2,5,7H2,(H2,16,20). The Kier molecular flexibility index (Phi) is 5.55. The van der Waals surface area contributed by atoms with Gasteiger partial charge in [-0.25, -0.2) is 4.98 Å². The molecule has 0 saturated heterocycles. The molecular weight excluding hydrogens is 336 g/mol. The maximum absolute atomic E-state index is 5.60. The molecule has 1 heterocycles. The van der Waals surface area contributed by atoms with E-state index < -0.39 is 0 Å². The Hall–Kier alpha value is -1.40. The molecule has 106 valence electrons. The van der Waals surface area contributed by atoms with Gasteiger partial charge >= 0.3 is 0 Å². The zero-order valence-electron chi connectivity index (χ0n) is 11.1. The Morgan fingerprint density at radius 3 is 2.90 bits per heavy atom. The number of hydrogen-bond donors (Lipinski definition) is 2. The third kappa shape index (κ3) is 4.31. The van der Waals surface area contributed by atoms with Gasteiger partial charge in [0, 0.05) is 41.2 Å². The number of benzene rings is 1. The molecule has 0 fully saturated rings. The second-order valence-corrected chi connectivity index (χ2v) is 5.79. The molecule has 2 rings (SSSR count). The topological polar surface area (TPSA) is 55.9 Å². The van der Waals surface area contributed by atoms with E-state index in [-0.39, 0.29) is 0 Å². The molecule has 0 unspecified atom stereocenters. The highest BCUT2D eigenvalue weighted by Crippen LogP contribution is 2.23. The van der Waals surface area contributed by atoms with Gasteiger partial charge in [0.25, 0.3) is 0 Å². The van der Waals surface area contributed by atoms with E-state index in [1.165, 1.54) is 0 Å². The number of aryl methyl sites for hydroxylation is 1. The van der Waals surface area contributed by atoms with Crippen LogP contribution in [-0.4, -0.2) is 21.1 Å². The van der Waals surface area contributed by atoms with Crippen LogP contribution >= 0.6 is 28.1 Å². The fourth-order valence-electron chi connectivity index (χ4n) is 1.87. The number of unbranched alkanes of at least 4 members (excludes halogenated alkanes) is 1. The Bertz CT molecular complexity index is 569. The summed E-state index contributed by atoms with van der Waals surface area (Å²) in [6, 6.07) is 5.87. The third-order valence-electron chi connectivity index (χ3n) is 2.97. The van der Waals surface area contributed by atoms with E-state index in [2.05, 4.69) is 30.8 Å². The summed E-state index contributed by atoms with van der Waals surface area (Å²) in [4.78, 5) is 4.44. The zero-order valence-corrected chi connectivity index (χ0v) is 13.5. The van der Waals surface area contributed by atoms with Crippen molar-refractivity contribution in [3.8, 4) is 0 Å². The van der Waals surface area contributed by atoms with Gasteiger partial charge in [-0.05, 0) is 47.0 Å². The SMILES string of the molecule is NC(=S)c1ccc(NCCCCn2ccnc2)c(Br)c1. The number of thiocarbonyl (C=S) groups is 1. The summed E-state index contributed by atoms with van der Waals surface area (Å²) < 4.78 is 3.07. The molecular formula is C14H17BrN4S. The second-order valence-electron chi connectivity index (χ2n) is 4.49. The van der Waals surface area contributed by atoms with Crippen LogP contribution in [0.2, 0.25) is 0 Å². The maximum atomic E-state index is 5.60. The van der Waals surface area contributed by atoms with E-state index in [9.17, 15) is 0 Å². The molecule has 0 amide bonds. The van der Waals surface area contributed by atoms with E-state index in [1.807, 2.05) is 30.7 Å². The smallest absolute Gasteiger partial charge is 0.104 e. The maximum Gasteiger partial charge on any atom is 0.104 e. The largest absolute Gasteiger partial charge is 0.389 e. The molecule has 2 aromatic rings. The van der Waals surface area contributed by atoms with Gasteiger partial charge in [-0.3, -0.25) is 0 Å². The monoisotopic (exact) mass is 352 g/mol. The summed E-state index contributed by atoms with van der Waals surface area (Å²) in [6.07, 6.45) is 7.85. The number of aromatic nitrogens is 2. The van der Waals surface area contributed by atoms with Crippen LogP contribution in [0.1, 0.15) is 18.4 Å². The van der Waals surface area contributed by atoms with Crippen LogP contribution in [0.5, 0.6) is 0 Å². The number of imidazole rings is 1. The van der Waals surface area contributed by atoms with Crippen molar-refractivity contribution in [2.24, 2.45) is 5.73 Å². The number of rotatable bonds is 7. The van der Waals surface area contributed by atoms with E-state index in [0.29, 0.717) is 4.99 Å². The number of hydrogen-bond acceptors (Lipinski definition) is 3. The first-order valence-electron chi connectivity index (χ1n) is 6.46. The summed E-state index contributed by atoms with van der Waals surface area (Å²) in [5.74, 6) is 0. The highest BCUT2D eigenvalue weighted by atomic mass is 79.9. The van der Waals surface area contributed by atoms with Crippen molar-refractivity contribution < 1.29 is 0 Å². The van der Waals surface area contributed by atoms with Gasteiger partial charge in [0.15, 0.2) is 0 Å². The molecule has 0 radical (unpaired) electrons. The van der Waals surface area contributed by atoms with Crippen molar-refractivity contribution in [2.45, 2.75) is 19.4 Å². The molecule has 0 aliphatic carbocycles. The zero-order chi connectivity index (χ0) is 14.4. The van der Waals surface area contributed by atoms with Gasteiger partial charge in [-0.15, -0.1) is 0 Å². The first-order valence-corrected chi connectivity index (χ1v) is 7.66. The summed E-state index contributed by atoms with van der Waals surface area (Å²) >= 11 is 8.48. The predicted octanol–water partition coefficient (Wildman–Crippen LogP) is 3.17. The highest BCUT2D eigenvalue weighted by molar-refractivity contribution is 9.10. The Balaban J connectivity index is 1.75. The molecule has 1 aromatic heterocycles. The van der Waals surface area contributed by atoms with Gasteiger partial charge < -0.3 is 15.6 Å². The molecule has 0 spiro atoms. The fourth-order valence-corrected chi connectivity index (χ4v) is 2.52. The third-order valence-corrected chi connectivity index (χ3v) is 3.86. The second kappa shape index (κ2) is 7.40. The number of nitrogens with zero attached hydrogens (tertiary/aromatic N) is 2. The van der Waals surface area contributed by atoms with Crippen LogP contribution in [0.25, 0.3) is 0 Å². The first-order chi connectivity index (χ1) is 9.66. The first kappa shape index (κ1) is 15.0. The van der Waals surface area contributed by atoms with Crippen LogP contribution in [0.3, 0.4) is 0 Å². The fraction of sp³-hybridized carbons (Fsp3) is 0.286. The minimum Gasteiger partial charge on any atom is -0.389 e. The molecule has 4 nitrogen and oxygen atoms in total. The lowest BCUT2D eigenvalue weighted by molar-refractivity contribution is 0.621. The van der Waals surface area contributed by atoms with Crippen molar-refractivity contribution >= 4 is 38.8 Å². The Morgan fingerprint density at radius 1 is 1.40 bits per heavy atom. The Morgan fingerprint density at radius 2 is 2.25 bits per heavy atom. The molecule has 0 aliphatic rings. The molecule has 3 N–H and O–H groups in total. The van der Waals surface area contributed by atoms with Crippen LogP contribution in [-0.2, 0) is 6.54 Å². The van der Waals surface area contributed by atoms with Crippen LogP contribution in [0.4, 0.5) is 5.69 Å². The van der Waals surface area contributed by atoms with Crippen LogP contribution in [0.15, 0.2) is 41.4 Å². The summed E-state index contributed by atoms with van der Waals surface area (Å²) in [5, 5.41) is 3.40. The molecule has 6 heteroatoms. The molecule has 0 saturated carbocycles. The minimum absolute atomic E-state index is 0.414. The predicted molar refractivity (Wildman–Crippen MR) is 90.0 cm³/mol. The summed E-state index contributed by atoms with van der Waals surface area (Å²) in [6.45, 7) is 1.93.